The maximum absolute atomic E-state index is 6.09. The highest BCUT2D eigenvalue weighted by molar-refractivity contribution is 7.99. The lowest BCUT2D eigenvalue weighted by Crippen LogP contribution is -1.99. The molecule has 0 aromatic carbocycles. The SMILES string of the molecule is Clc1cncc2nnc(C3CCCS3)n12. The Balaban J connectivity index is 2.18. The van der Waals surface area contributed by atoms with Crippen molar-refractivity contribution >= 4 is 29.0 Å². The molecule has 1 saturated heterocycles. The minimum absolute atomic E-state index is 0.430. The van der Waals surface area contributed by atoms with Gasteiger partial charge in [0.2, 0.25) is 0 Å². The van der Waals surface area contributed by atoms with Crippen LogP contribution in [0.1, 0.15) is 23.9 Å². The molecule has 0 N–H and O–H groups in total. The fourth-order valence-corrected chi connectivity index (χ4v) is 3.31. The second-order valence-corrected chi connectivity index (χ2v) is 5.18. The summed E-state index contributed by atoms with van der Waals surface area (Å²) in [4.78, 5) is 3.99. The van der Waals surface area contributed by atoms with E-state index in [2.05, 4.69) is 15.2 Å². The summed E-state index contributed by atoms with van der Waals surface area (Å²) in [5.41, 5.74) is 0.727. The summed E-state index contributed by atoms with van der Waals surface area (Å²) in [5.74, 6) is 2.15. The van der Waals surface area contributed by atoms with E-state index >= 15 is 0 Å². The standard InChI is InChI=1S/C9H9ClN4S/c10-7-4-11-5-8-12-13-9(14(7)8)6-2-1-3-15-6/h4-6H,1-3H2. The molecule has 0 amide bonds. The van der Waals surface area contributed by atoms with Crippen molar-refractivity contribution in [3.05, 3.63) is 23.4 Å². The van der Waals surface area contributed by atoms with Gasteiger partial charge in [0.15, 0.2) is 11.5 Å². The third-order valence-electron chi connectivity index (χ3n) is 2.52. The molecular formula is C9H9ClN4S. The molecule has 3 heterocycles. The van der Waals surface area contributed by atoms with Crippen LogP contribution in [0.15, 0.2) is 12.4 Å². The Morgan fingerprint density at radius 1 is 1.40 bits per heavy atom. The number of halogens is 1. The van der Waals surface area contributed by atoms with Crippen molar-refractivity contribution in [1.82, 2.24) is 19.6 Å². The Hall–Kier alpha value is -0.810. The largest absolute Gasteiger partial charge is 0.265 e. The molecule has 15 heavy (non-hydrogen) atoms. The van der Waals surface area contributed by atoms with Gasteiger partial charge in [0.05, 0.1) is 17.6 Å². The molecule has 2 aromatic rings. The van der Waals surface area contributed by atoms with Crippen molar-refractivity contribution in [2.45, 2.75) is 18.1 Å². The Morgan fingerprint density at radius 2 is 2.33 bits per heavy atom. The van der Waals surface area contributed by atoms with E-state index in [0.717, 1.165) is 17.9 Å². The van der Waals surface area contributed by atoms with Gasteiger partial charge in [-0.1, -0.05) is 11.6 Å². The van der Waals surface area contributed by atoms with E-state index in [-0.39, 0.29) is 0 Å². The van der Waals surface area contributed by atoms with E-state index in [4.69, 9.17) is 11.6 Å². The van der Waals surface area contributed by atoms with Gasteiger partial charge in [-0.15, -0.1) is 10.2 Å². The molecule has 2 aromatic heterocycles. The highest BCUT2D eigenvalue weighted by Gasteiger charge is 2.23. The van der Waals surface area contributed by atoms with Gasteiger partial charge < -0.3 is 0 Å². The molecule has 4 nitrogen and oxygen atoms in total. The maximum atomic E-state index is 6.09. The van der Waals surface area contributed by atoms with Crippen LogP contribution in [-0.4, -0.2) is 25.3 Å². The number of nitrogens with zero attached hydrogens (tertiary/aromatic N) is 4. The summed E-state index contributed by atoms with van der Waals surface area (Å²) in [7, 11) is 0. The number of hydrogen-bond acceptors (Lipinski definition) is 4. The number of thioether (sulfide) groups is 1. The lowest BCUT2D eigenvalue weighted by Gasteiger charge is -2.06. The van der Waals surface area contributed by atoms with Crippen LogP contribution in [-0.2, 0) is 0 Å². The number of aromatic nitrogens is 4. The van der Waals surface area contributed by atoms with Gasteiger partial charge in [-0.05, 0) is 18.6 Å². The highest BCUT2D eigenvalue weighted by Crippen LogP contribution is 2.39. The fourth-order valence-electron chi connectivity index (χ4n) is 1.82. The summed E-state index contributed by atoms with van der Waals surface area (Å²) in [6, 6.07) is 0. The first-order chi connectivity index (χ1) is 7.36. The van der Waals surface area contributed by atoms with Crippen molar-refractivity contribution in [3.63, 3.8) is 0 Å². The average Bonchev–Trinajstić information content (AvgIpc) is 2.85. The molecule has 1 fully saturated rings. The molecule has 0 radical (unpaired) electrons. The minimum atomic E-state index is 0.430. The smallest absolute Gasteiger partial charge is 0.180 e. The summed E-state index contributed by atoms with van der Waals surface area (Å²) >= 11 is 8.01. The van der Waals surface area contributed by atoms with Crippen LogP contribution in [0.3, 0.4) is 0 Å². The van der Waals surface area contributed by atoms with Crippen molar-refractivity contribution in [1.29, 1.82) is 0 Å². The molecule has 0 saturated carbocycles. The predicted octanol–water partition coefficient (Wildman–Crippen LogP) is 2.35. The van der Waals surface area contributed by atoms with Crippen molar-refractivity contribution in [3.8, 4) is 0 Å². The van der Waals surface area contributed by atoms with Crippen LogP contribution in [0, 0.1) is 0 Å². The van der Waals surface area contributed by atoms with Crippen LogP contribution in [0.4, 0.5) is 0 Å². The zero-order valence-corrected chi connectivity index (χ0v) is 9.50. The Bertz CT molecular complexity index is 492. The molecule has 1 aliphatic heterocycles. The Kier molecular flexibility index (Phi) is 2.29. The van der Waals surface area contributed by atoms with E-state index in [9.17, 15) is 0 Å². The number of hydrogen-bond donors (Lipinski definition) is 0. The fraction of sp³-hybridized carbons (Fsp3) is 0.444. The van der Waals surface area contributed by atoms with E-state index in [1.54, 1.807) is 12.4 Å². The summed E-state index contributed by atoms with van der Waals surface area (Å²) in [6.07, 6.45) is 5.71. The summed E-state index contributed by atoms with van der Waals surface area (Å²) < 4.78 is 1.89. The zero-order valence-electron chi connectivity index (χ0n) is 7.93. The van der Waals surface area contributed by atoms with Crippen molar-refractivity contribution < 1.29 is 0 Å². The number of rotatable bonds is 1. The van der Waals surface area contributed by atoms with Gasteiger partial charge in [-0.25, -0.2) is 0 Å². The molecule has 3 rings (SSSR count). The normalized spacial score (nSPS) is 21.3. The third-order valence-corrected chi connectivity index (χ3v) is 4.16. The molecule has 6 heteroatoms. The molecule has 1 unspecified atom stereocenters. The monoisotopic (exact) mass is 240 g/mol. The summed E-state index contributed by atoms with van der Waals surface area (Å²) in [5, 5.41) is 9.30. The van der Waals surface area contributed by atoms with Crippen molar-refractivity contribution in [2.75, 3.05) is 5.75 Å². The van der Waals surface area contributed by atoms with E-state index < -0.39 is 0 Å². The lowest BCUT2D eigenvalue weighted by atomic mass is 10.2. The molecule has 78 valence electrons. The van der Waals surface area contributed by atoms with Crippen LogP contribution in [0.2, 0.25) is 5.15 Å². The van der Waals surface area contributed by atoms with Crippen LogP contribution in [0.25, 0.3) is 5.65 Å². The van der Waals surface area contributed by atoms with E-state index in [1.807, 2.05) is 16.2 Å². The van der Waals surface area contributed by atoms with Gasteiger partial charge in [-0.2, -0.15) is 11.8 Å². The van der Waals surface area contributed by atoms with Crippen LogP contribution in [0.5, 0.6) is 0 Å². The first-order valence-corrected chi connectivity index (χ1v) is 6.25. The Morgan fingerprint density at radius 3 is 3.13 bits per heavy atom. The highest BCUT2D eigenvalue weighted by atomic mass is 35.5. The lowest BCUT2D eigenvalue weighted by molar-refractivity contribution is 0.766. The predicted molar refractivity (Wildman–Crippen MR) is 60.2 cm³/mol. The quantitative estimate of drug-likeness (QED) is 0.768. The average molecular weight is 241 g/mol. The topological polar surface area (TPSA) is 43.1 Å². The van der Waals surface area contributed by atoms with Gasteiger partial charge >= 0.3 is 0 Å². The molecule has 0 spiro atoms. The third kappa shape index (κ3) is 1.50. The van der Waals surface area contributed by atoms with Gasteiger partial charge in [0.25, 0.3) is 0 Å². The Labute approximate surface area is 96.1 Å². The van der Waals surface area contributed by atoms with Crippen LogP contribution < -0.4 is 0 Å². The first-order valence-electron chi connectivity index (χ1n) is 4.82. The number of fused-ring (bicyclic) bond motifs is 1. The second kappa shape index (κ2) is 3.64. The zero-order chi connectivity index (χ0) is 10.3. The summed E-state index contributed by atoms with van der Waals surface area (Å²) in [6.45, 7) is 0. The van der Waals surface area contributed by atoms with E-state index in [1.165, 1.54) is 12.2 Å². The molecule has 1 aliphatic rings. The molecule has 1 atom stereocenters. The van der Waals surface area contributed by atoms with Gasteiger partial charge in [0.1, 0.15) is 5.15 Å². The first kappa shape index (κ1) is 9.42. The second-order valence-electron chi connectivity index (χ2n) is 3.48. The van der Waals surface area contributed by atoms with Gasteiger partial charge in [-0.3, -0.25) is 9.38 Å². The van der Waals surface area contributed by atoms with Crippen molar-refractivity contribution in [2.24, 2.45) is 0 Å². The van der Waals surface area contributed by atoms with Crippen LogP contribution >= 0.6 is 23.4 Å². The van der Waals surface area contributed by atoms with E-state index in [0.29, 0.717) is 10.4 Å². The maximum Gasteiger partial charge on any atom is 0.180 e. The molecule has 0 bridgehead atoms. The van der Waals surface area contributed by atoms with Gasteiger partial charge in [0, 0.05) is 0 Å². The minimum Gasteiger partial charge on any atom is -0.265 e. The molecule has 0 aliphatic carbocycles. The molecular weight excluding hydrogens is 232 g/mol.